The molecule has 1 amide bonds. The van der Waals surface area contributed by atoms with E-state index in [1.165, 1.54) is 5.56 Å². The number of nitrogens with one attached hydrogen (secondary N) is 3. The second-order valence-electron chi connectivity index (χ2n) is 7.23. The van der Waals surface area contributed by atoms with Gasteiger partial charge in [-0.2, -0.15) is 0 Å². The predicted octanol–water partition coefficient (Wildman–Crippen LogP) is 3.36. The molecule has 140 valence electrons. The molecular formula is C20H29N5O. The van der Waals surface area contributed by atoms with Gasteiger partial charge in [-0.25, -0.2) is 9.97 Å². The Morgan fingerprint density at radius 1 is 1.00 bits per heavy atom. The zero-order chi connectivity index (χ0) is 19.2. The third kappa shape index (κ3) is 5.72. The highest BCUT2D eigenvalue weighted by atomic mass is 16.1. The molecule has 0 saturated carbocycles. The second-order valence-corrected chi connectivity index (χ2v) is 7.23. The molecule has 1 aromatic carbocycles. The number of amides is 1. The molecule has 6 heteroatoms. The number of rotatable bonds is 7. The van der Waals surface area contributed by atoms with Gasteiger partial charge in [-0.05, 0) is 37.0 Å². The SMILES string of the molecule is CCNc1cc(NCCNC(=O)c2ccc(C(C)(C)C)cc2)nc(C)n1. The Labute approximate surface area is 155 Å². The lowest BCUT2D eigenvalue weighted by atomic mass is 9.87. The van der Waals surface area contributed by atoms with Crippen molar-refractivity contribution in [1.29, 1.82) is 0 Å². The van der Waals surface area contributed by atoms with Crippen LogP contribution in [0.4, 0.5) is 11.6 Å². The molecule has 2 rings (SSSR count). The van der Waals surface area contributed by atoms with Crippen LogP contribution in [0.1, 0.15) is 49.4 Å². The summed E-state index contributed by atoms with van der Waals surface area (Å²) in [5, 5.41) is 9.31. The van der Waals surface area contributed by atoms with Crippen molar-refractivity contribution in [3.05, 3.63) is 47.3 Å². The van der Waals surface area contributed by atoms with Crippen LogP contribution in [0, 0.1) is 6.92 Å². The minimum Gasteiger partial charge on any atom is -0.370 e. The quantitative estimate of drug-likeness (QED) is 0.664. The Kier molecular flexibility index (Phi) is 6.55. The van der Waals surface area contributed by atoms with Crippen LogP contribution in [0.25, 0.3) is 0 Å². The first-order valence-corrected chi connectivity index (χ1v) is 9.02. The molecule has 0 unspecified atom stereocenters. The Morgan fingerprint density at radius 2 is 1.62 bits per heavy atom. The highest BCUT2D eigenvalue weighted by Crippen LogP contribution is 2.22. The van der Waals surface area contributed by atoms with Gasteiger partial charge in [0.2, 0.25) is 0 Å². The van der Waals surface area contributed by atoms with Crippen LogP contribution >= 0.6 is 0 Å². The smallest absolute Gasteiger partial charge is 0.251 e. The molecular weight excluding hydrogens is 326 g/mol. The van der Waals surface area contributed by atoms with E-state index in [1.807, 2.05) is 44.2 Å². The summed E-state index contributed by atoms with van der Waals surface area (Å²) in [5.74, 6) is 2.18. The van der Waals surface area contributed by atoms with Crippen molar-refractivity contribution in [2.24, 2.45) is 0 Å². The lowest BCUT2D eigenvalue weighted by Crippen LogP contribution is -2.29. The number of benzene rings is 1. The summed E-state index contributed by atoms with van der Waals surface area (Å²) in [5.41, 5.74) is 1.97. The molecule has 1 aromatic heterocycles. The summed E-state index contributed by atoms with van der Waals surface area (Å²) in [6.45, 7) is 12.3. The normalized spacial score (nSPS) is 11.1. The molecule has 0 saturated heterocycles. The molecule has 0 aliphatic carbocycles. The highest BCUT2D eigenvalue weighted by Gasteiger charge is 2.14. The largest absolute Gasteiger partial charge is 0.370 e. The molecule has 0 atom stereocenters. The van der Waals surface area contributed by atoms with Crippen molar-refractivity contribution < 1.29 is 4.79 Å². The summed E-state index contributed by atoms with van der Waals surface area (Å²) >= 11 is 0. The van der Waals surface area contributed by atoms with E-state index in [0.717, 1.165) is 18.2 Å². The molecule has 6 nitrogen and oxygen atoms in total. The monoisotopic (exact) mass is 355 g/mol. The topological polar surface area (TPSA) is 78.9 Å². The number of carbonyl (C=O) groups excluding carboxylic acids is 1. The van der Waals surface area contributed by atoms with Gasteiger partial charge in [-0.15, -0.1) is 0 Å². The first-order valence-electron chi connectivity index (χ1n) is 9.02. The van der Waals surface area contributed by atoms with Crippen LogP contribution in [0.15, 0.2) is 30.3 Å². The van der Waals surface area contributed by atoms with E-state index in [-0.39, 0.29) is 11.3 Å². The maximum Gasteiger partial charge on any atom is 0.251 e. The van der Waals surface area contributed by atoms with Gasteiger partial charge in [0.1, 0.15) is 17.5 Å². The first-order chi connectivity index (χ1) is 12.3. The molecule has 26 heavy (non-hydrogen) atoms. The lowest BCUT2D eigenvalue weighted by molar-refractivity contribution is 0.0955. The third-order valence-electron chi connectivity index (χ3n) is 3.93. The number of aromatic nitrogens is 2. The Hall–Kier alpha value is -2.63. The van der Waals surface area contributed by atoms with Crippen LogP contribution in [0.5, 0.6) is 0 Å². The van der Waals surface area contributed by atoms with Gasteiger partial charge in [0.15, 0.2) is 0 Å². The van der Waals surface area contributed by atoms with E-state index >= 15 is 0 Å². The van der Waals surface area contributed by atoms with E-state index in [1.54, 1.807) is 0 Å². The first kappa shape index (κ1) is 19.7. The van der Waals surface area contributed by atoms with Crippen molar-refractivity contribution in [2.45, 2.75) is 40.0 Å². The number of anilines is 2. The van der Waals surface area contributed by atoms with Gasteiger partial charge in [-0.3, -0.25) is 4.79 Å². The van der Waals surface area contributed by atoms with Crippen LogP contribution in [-0.4, -0.2) is 35.5 Å². The summed E-state index contributed by atoms with van der Waals surface area (Å²) in [6.07, 6.45) is 0. The molecule has 0 fully saturated rings. The summed E-state index contributed by atoms with van der Waals surface area (Å²) in [7, 11) is 0. The van der Waals surface area contributed by atoms with E-state index < -0.39 is 0 Å². The van der Waals surface area contributed by atoms with E-state index in [2.05, 4.69) is 46.7 Å². The van der Waals surface area contributed by atoms with Crippen LogP contribution in [-0.2, 0) is 5.41 Å². The van der Waals surface area contributed by atoms with E-state index in [0.29, 0.717) is 24.5 Å². The summed E-state index contributed by atoms with van der Waals surface area (Å²) in [6, 6.07) is 9.64. The number of hydrogen-bond acceptors (Lipinski definition) is 5. The van der Waals surface area contributed by atoms with Crippen molar-refractivity contribution in [3.8, 4) is 0 Å². The van der Waals surface area contributed by atoms with Gasteiger partial charge in [0.05, 0.1) is 0 Å². The molecule has 1 heterocycles. The minimum atomic E-state index is -0.0699. The fraction of sp³-hybridized carbons (Fsp3) is 0.450. The van der Waals surface area contributed by atoms with Crippen LogP contribution in [0.2, 0.25) is 0 Å². The average Bonchev–Trinajstić information content (AvgIpc) is 2.58. The van der Waals surface area contributed by atoms with Gasteiger partial charge in [-0.1, -0.05) is 32.9 Å². The van der Waals surface area contributed by atoms with Gasteiger partial charge >= 0.3 is 0 Å². The van der Waals surface area contributed by atoms with Crippen molar-refractivity contribution >= 4 is 17.5 Å². The maximum absolute atomic E-state index is 12.2. The number of nitrogens with zero attached hydrogens (tertiary/aromatic N) is 2. The summed E-state index contributed by atoms with van der Waals surface area (Å²) < 4.78 is 0. The molecule has 2 aromatic rings. The molecule has 0 aliphatic rings. The second kappa shape index (κ2) is 8.65. The zero-order valence-electron chi connectivity index (χ0n) is 16.3. The van der Waals surface area contributed by atoms with E-state index in [4.69, 9.17) is 0 Å². The molecule has 0 bridgehead atoms. The highest BCUT2D eigenvalue weighted by molar-refractivity contribution is 5.94. The lowest BCUT2D eigenvalue weighted by Gasteiger charge is -2.19. The molecule has 0 radical (unpaired) electrons. The number of aryl methyl sites for hydroxylation is 1. The van der Waals surface area contributed by atoms with Crippen LogP contribution < -0.4 is 16.0 Å². The fourth-order valence-electron chi connectivity index (χ4n) is 2.52. The van der Waals surface area contributed by atoms with Gasteiger partial charge in [0.25, 0.3) is 5.91 Å². The minimum absolute atomic E-state index is 0.0699. The number of hydrogen-bond donors (Lipinski definition) is 3. The Balaban J connectivity index is 1.83. The predicted molar refractivity (Wildman–Crippen MR) is 107 cm³/mol. The molecule has 0 spiro atoms. The van der Waals surface area contributed by atoms with Crippen molar-refractivity contribution in [1.82, 2.24) is 15.3 Å². The van der Waals surface area contributed by atoms with Gasteiger partial charge < -0.3 is 16.0 Å². The Morgan fingerprint density at radius 3 is 2.19 bits per heavy atom. The van der Waals surface area contributed by atoms with Crippen molar-refractivity contribution in [3.63, 3.8) is 0 Å². The van der Waals surface area contributed by atoms with Crippen LogP contribution in [0.3, 0.4) is 0 Å². The van der Waals surface area contributed by atoms with Gasteiger partial charge in [0, 0.05) is 31.3 Å². The summed E-state index contributed by atoms with van der Waals surface area (Å²) in [4.78, 5) is 20.9. The molecule has 3 N–H and O–H groups in total. The number of carbonyl (C=O) groups is 1. The zero-order valence-corrected chi connectivity index (χ0v) is 16.3. The molecule has 0 aliphatic heterocycles. The maximum atomic E-state index is 12.2. The standard InChI is InChI=1S/C20H29N5O/c1-6-21-17-13-18(25-14(2)24-17)22-11-12-23-19(26)15-7-9-16(10-8-15)20(3,4)5/h7-10,13H,6,11-12H2,1-5H3,(H,23,26)(H2,21,22,24,25). The Bertz CT molecular complexity index is 735. The third-order valence-corrected chi connectivity index (χ3v) is 3.93. The fourth-order valence-corrected chi connectivity index (χ4v) is 2.52. The average molecular weight is 355 g/mol. The van der Waals surface area contributed by atoms with Crippen molar-refractivity contribution in [2.75, 3.05) is 30.3 Å². The van der Waals surface area contributed by atoms with E-state index in [9.17, 15) is 4.79 Å².